The van der Waals surface area contributed by atoms with Gasteiger partial charge in [0, 0.05) is 18.8 Å². The number of nitrogen functional groups attached to an aromatic ring is 1. The number of nitrogens with zero attached hydrogens (tertiary/aromatic N) is 4. The van der Waals surface area contributed by atoms with Crippen LogP contribution in [0.1, 0.15) is 30.0 Å². The van der Waals surface area contributed by atoms with Crippen LogP contribution in [-0.2, 0) is 0 Å². The Balaban J connectivity index is 0.00000220. The molecule has 1 aromatic carbocycles. The Labute approximate surface area is 130 Å². The fourth-order valence-electron chi connectivity index (χ4n) is 2.05. The molecule has 0 atom stereocenters. The van der Waals surface area contributed by atoms with Crippen LogP contribution in [0.15, 0.2) is 24.3 Å². The molecule has 2 rings (SSSR count). The van der Waals surface area contributed by atoms with Crippen LogP contribution in [0.25, 0.3) is 5.69 Å². The number of benzene rings is 1. The van der Waals surface area contributed by atoms with Crippen LogP contribution >= 0.6 is 12.4 Å². The minimum absolute atomic E-state index is 0. The second-order valence-corrected chi connectivity index (χ2v) is 4.50. The summed E-state index contributed by atoms with van der Waals surface area (Å²) in [6, 6.07) is 7.29. The van der Waals surface area contributed by atoms with Gasteiger partial charge in [0.05, 0.1) is 11.4 Å². The molecule has 0 bridgehead atoms. The van der Waals surface area contributed by atoms with Crippen LogP contribution in [0.4, 0.5) is 5.69 Å². The molecular weight excluding hydrogens is 290 g/mol. The van der Waals surface area contributed by atoms with E-state index >= 15 is 0 Å². The molecule has 1 heterocycles. The highest BCUT2D eigenvalue weighted by Crippen LogP contribution is 2.15. The number of carbonyl (C=O) groups excluding carboxylic acids is 1. The third-order valence-electron chi connectivity index (χ3n) is 3.29. The quantitative estimate of drug-likeness (QED) is 0.877. The van der Waals surface area contributed by atoms with Gasteiger partial charge in [0.1, 0.15) is 0 Å². The first kappa shape index (κ1) is 17.0. The third-order valence-corrected chi connectivity index (χ3v) is 3.29. The van der Waals surface area contributed by atoms with Gasteiger partial charge in [-0.05, 0) is 45.0 Å². The number of hydrogen-bond acceptors (Lipinski definition) is 4. The van der Waals surface area contributed by atoms with Crippen LogP contribution < -0.4 is 5.73 Å². The average Bonchev–Trinajstić information content (AvgIpc) is 2.83. The number of nitrogens with two attached hydrogens (primary N) is 1. The largest absolute Gasteiger partial charge is 0.399 e. The second kappa shape index (κ2) is 7.08. The van der Waals surface area contributed by atoms with Gasteiger partial charge < -0.3 is 10.6 Å². The zero-order valence-electron chi connectivity index (χ0n) is 12.4. The molecule has 2 N–H and O–H groups in total. The molecule has 7 heteroatoms. The Hall–Kier alpha value is -2.08. The molecule has 0 unspecified atom stereocenters. The lowest BCUT2D eigenvalue weighted by Crippen LogP contribution is -2.31. The second-order valence-electron chi connectivity index (χ2n) is 4.50. The first-order valence-corrected chi connectivity index (χ1v) is 6.66. The van der Waals surface area contributed by atoms with Gasteiger partial charge in [-0.25, -0.2) is 4.68 Å². The molecule has 0 fully saturated rings. The highest BCUT2D eigenvalue weighted by Gasteiger charge is 2.21. The molecule has 0 spiro atoms. The SMILES string of the molecule is CCN(CC)C(=O)c1nnn(-c2ccc(N)cc2)c1C.Cl. The van der Waals surface area contributed by atoms with Crippen molar-refractivity contribution in [1.82, 2.24) is 19.9 Å². The van der Waals surface area contributed by atoms with Crippen molar-refractivity contribution >= 4 is 24.0 Å². The fourth-order valence-corrected chi connectivity index (χ4v) is 2.05. The zero-order chi connectivity index (χ0) is 14.7. The van der Waals surface area contributed by atoms with Gasteiger partial charge in [0.25, 0.3) is 5.91 Å². The minimum atomic E-state index is -0.0887. The van der Waals surface area contributed by atoms with Crippen LogP contribution in [-0.4, -0.2) is 38.9 Å². The molecule has 1 aromatic heterocycles. The predicted octanol–water partition coefficient (Wildman–Crippen LogP) is 2.06. The van der Waals surface area contributed by atoms with E-state index in [1.54, 1.807) is 21.7 Å². The topological polar surface area (TPSA) is 77.0 Å². The fraction of sp³-hybridized carbons (Fsp3) is 0.357. The van der Waals surface area contributed by atoms with E-state index in [1.165, 1.54) is 0 Å². The van der Waals surface area contributed by atoms with E-state index < -0.39 is 0 Å². The van der Waals surface area contributed by atoms with Gasteiger partial charge in [0.2, 0.25) is 0 Å². The summed E-state index contributed by atoms with van der Waals surface area (Å²) >= 11 is 0. The molecule has 0 aliphatic carbocycles. The van der Waals surface area contributed by atoms with Crippen LogP contribution in [0, 0.1) is 6.92 Å². The zero-order valence-corrected chi connectivity index (χ0v) is 13.2. The molecule has 0 aliphatic rings. The van der Waals surface area contributed by atoms with E-state index in [9.17, 15) is 4.79 Å². The van der Waals surface area contributed by atoms with E-state index in [4.69, 9.17) is 5.73 Å². The van der Waals surface area contributed by atoms with Gasteiger partial charge in [0.15, 0.2) is 5.69 Å². The Kier molecular flexibility index (Phi) is 5.72. The normalized spacial score (nSPS) is 10.0. The number of anilines is 1. The smallest absolute Gasteiger partial charge is 0.276 e. The van der Waals surface area contributed by atoms with Gasteiger partial charge in [-0.2, -0.15) is 0 Å². The lowest BCUT2D eigenvalue weighted by atomic mass is 10.2. The van der Waals surface area contributed by atoms with E-state index in [1.807, 2.05) is 32.9 Å². The standard InChI is InChI=1S/C14H19N5O.ClH/c1-4-18(5-2)14(20)13-10(3)19(17-16-13)12-8-6-11(15)7-9-12;/h6-9H,4-5,15H2,1-3H3;1H. The maximum absolute atomic E-state index is 12.3. The highest BCUT2D eigenvalue weighted by molar-refractivity contribution is 5.93. The molecule has 21 heavy (non-hydrogen) atoms. The number of aromatic nitrogens is 3. The molecular formula is C14H20ClN5O. The summed E-state index contributed by atoms with van der Waals surface area (Å²) in [5.41, 5.74) is 8.31. The number of rotatable bonds is 4. The summed E-state index contributed by atoms with van der Waals surface area (Å²) in [5, 5.41) is 8.09. The Morgan fingerprint density at radius 2 is 1.81 bits per heavy atom. The van der Waals surface area contributed by atoms with Crippen LogP contribution in [0.2, 0.25) is 0 Å². The maximum Gasteiger partial charge on any atom is 0.276 e. The maximum atomic E-state index is 12.3. The summed E-state index contributed by atoms with van der Waals surface area (Å²) < 4.78 is 1.65. The number of carbonyl (C=O) groups is 1. The van der Waals surface area contributed by atoms with Crippen LogP contribution in [0.5, 0.6) is 0 Å². The van der Waals surface area contributed by atoms with Crippen molar-refractivity contribution in [3.8, 4) is 5.69 Å². The van der Waals surface area contributed by atoms with Crippen molar-refractivity contribution in [3.63, 3.8) is 0 Å². The summed E-state index contributed by atoms with van der Waals surface area (Å²) in [6.45, 7) is 7.04. The van der Waals surface area contributed by atoms with Gasteiger partial charge in [-0.1, -0.05) is 5.21 Å². The van der Waals surface area contributed by atoms with Crippen molar-refractivity contribution in [3.05, 3.63) is 35.7 Å². The van der Waals surface area contributed by atoms with Gasteiger partial charge >= 0.3 is 0 Å². The molecule has 2 aromatic rings. The molecule has 0 saturated carbocycles. The Bertz CT molecular complexity index is 604. The van der Waals surface area contributed by atoms with Gasteiger partial charge in [-0.3, -0.25) is 4.79 Å². The monoisotopic (exact) mass is 309 g/mol. The molecule has 0 saturated heterocycles. The average molecular weight is 310 g/mol. The lowest BCUT2D eigenvalue weighted by Gasteiger charge is -2.17. The first-order valence-electron chi connectivity index (χ1n) is 6.66. The summed E-state index contributed by atoms with van der Waals surface area (Å²) in [4.78, 5) is 14.0. The van der Waals surface area contributed by atoms with Crippen molar-refractivity contribution < 1.29 is 4.79 Å². The number of amides is 1. The molecule has 6 nitrogen and oxygen atoms in total. The number of halogens is 1. The molecule has 114 valence electrons. The van der Waals surface area contributed by atoms with E-state index in [2.05, 4.69) is 10.3 Å². The summed E-state index contributed by atoms with van der Waals surface area (Å²) in [6.07, 6.45) is 0. The molecule has 0 aliphatic heterocycles. The van der Waals surface area contributed by atoms with Crippen molar-refractivity contribution in [2.24, 2.45) is 0 Å². The predicted molar refractivity (Wildman–Crippen MR) is 85.0 cm³/mol. The first-order chi connectivity index (χ1) is 9.58. The highest BCUT2D eigenvalue weighted by atomic mass is 35.5. The van der Waals surface area contributed by atoms with Gasteiger partial charge in [-0.15, -0.1) is 17.5 Å². The Morgan fingerprint density at radius 3 is 2.33 bits per heavy atom. The van der Waals surface area contributed by atoms with E-state index in [0.717, 1.165) is 11.4 Å². The van der Waals surface area contributed by atoms with E-state index in [0.29, 0.717) is 24.5 Å². The van der Waals surface area contributed by atoms with Crippen molar-refractivity contribution in [2.75, 3.05) is 18.8 Å². The number of hydrogen-bond donors (Lipinski definition) is 1. The van der Waals surface area contributed by atoms with Crippen molar-refractivity contribution in [1.29, 1.82) is 0 Å². The third kappa shape index (κ3) is 3.33. The molecule has 1 amide bonds. The van der Waals surface area contributed by atoms with E-state index in [-0.39, 0.29) is 18.3 Å². The van der Waals surface area contributed by atoms with Crippen LogP contribution in [0.3, 0.4) is 0 Å². The Morgan fingerprint density at radius 1 is 1.24 bits per heavy atom. The minimum Gasteiger partial charge on any atom is -0.399 e. The molecule has 0 radical (unpaired) electrons. The summed E-state index contributed by atoms with van der Waals surface area (Å²) in [5.74, 6) is -0.0887. The summed E-state index contributed by atoms with van der Waals surface area (Å²) in [7, 11) is 0. The lowest BCUT2D eigenvalue weighted by molar-refractivity contribution is 0.0766. The van der Waals surface area contributed by atoms with Crippen molar-refractivity contribution in [2.45, 2.75) is 20.8 Å².